The maximum Gasteiger partial charge on any atom is 0.296 e. The smallest absolute Gasteiger partial charge is 0.296 e. The van der Waals surface area contributed by atoms with Crippen molar-refractivity contribution in [2.45, 2.75) is 32.4 Å². The second-order valence-corrected chi connectivity index (χ2v) is 6.96. The third-order valence-corrected chi connectivity index (χ3v) is 4.41. The molecule has 138 valence electrons. The number of hydrogen-bond acceptors (Lipinski definition) is 5. The number of carbonyl (C=O) groups excluding carboxylic acids is 1. The van der Waals surface area contributed by atoms with Gasteiger partial charge < -0.3 is 15.7 Å². The number of benzene rings is 1. The Bertz CT molecular complexity index is 891. The Morgan fingerprint density at radius 2 is 2.08 bits per heavy atom. The highest BCUT2D eigenvalue weighted by Crippen LogP contribution is 2.23. The molecule has 7 nitrogen and oxygen atoms in total. The maximum atomic E-state index is 12.9. The molecule has 2 aromatic rings. The highest BCUT2D eigenvalue weighted by atomic mass is 19.1. The van der Waals surface area contributed by atoms with Gasteiger partial charge in [0.1, 0.15) is 11.6 Å². The fraction of sp³-hybridized carbons (Fsp3) is 0.389. The van der Waals surface area contributed by atoms with Crippen LogP contribution in [0.1, 0.15) is 35.7 Å². The molecule has 0 atom stereocenters. The van der Waals surface area contributed by atoms with Crippen LogP contribution in [0.4, 0.5) is 4.39 Å². The zero-order valence-electron chi connectivity index (χ0n) is 14.7. The van der Waals surface area contributed by atoms with Crippen molar-refractivity contribution in [3.8, 4) is 5.75 Å². The molecule has 3 N–H and O–H groups in total. The first-order chi connectivity index (χ1) is 12.3. The fourth-order valence-electron chi connectivity index (χ4n) is 2.97. The van der Waals surface area contributed by atoms with Gasteiger partial charge in [0, 0.05) is 31.6 Å². The molecule has 0 fully saturated rings. The van der Waals surface area contributed by atoms with Gasteiger partial charge in [-0.1, -0.05) is 26.0 Å². The molecule has 26 heavy (non-hydrogen) atoms. The maximum absolute atomic E-state index is 12.9. The fourth-order valence-corrected chi connectivity index (χ4v) is 2.97. The summed E-state index contributed by atoms with van der Waals surface area (Å²) >= 11 is 0. The second kappa shape index (κ2) is 6.87. The van der Waals surface area contributed by atoms with Crippen molar-refractivity contribution in [3.63, 3.8) is 0 Å². The van der Waals surface area contributed by atoms with Crippen molar-refractivity contribution >= 4 is 5.91 Å². The molecule has 8 heteroatoms. The van der Waals surface area contributed by atoms with E-state index in [1.54, 1.807) is 12.1 Å². The summed E-state index contributed by atoms with van der Waals surface area (Å²) in [5, 5.41) is 16.0. The lowest BCUT2D eigenvalue weighted by Crippen LogP contribution is -2.37. The first-order valence-electron chi connectivity index (χ1n) is 8.37. The number of aromatic hydroxyl groups is 1. The molecule has 0 radical (unpaired) electrons. The molecule has 0 unspecified atom stereocenters. The van der Waals surface area contributed by atoms with Crippen LogP contribution >= 0.6 is 0 Å². The van der Waals surface area contributed by atoms with E-state index in [0.29, 0.717) is 31.0 Å². The Labute approximate surface area is 149 Å². The number of rotatable bonds is 3. The molecule has 0 aliphatic carbocycles. The van der Waals surface area contributed by atoms with E-state index in [1.807, 2.05) is 13.8 Å². The first kappa shape index (κ1) is 18.1. The van der Waals surface area contributed by atoms with Gasteiger partial charge in [0.25, 0.3) is 11.5 Å². The Morgan fingerprint density at radius 3 is 2.77 bits per heavy atom. The highest BCUT2D eigenvalue weighted by molar-refractivity contribution is 5.94. The Kier molecular flexibility index (Phi) is 4.78. The summed E-state index contributed by atoms with van der Waals surface area (Å²) in [6.45, 7) is 5.51. The molecule has 2 heterocycles. The summed E-state index contributed by atoms with van der Waals surface area (Å²) in [6.07, 6.45) is 0. The molecular weight excluding hydrogens is 339 g/mol. The van der Waals surface area contributed by atoms with Crippen molar-refractivity contribution in [3.05, 3.63) is 57.5 Å². The van der Waals surface area contributed by atoms with E-state index in [0.717, 1.165) is 0 Å². The van der Waals surface area contributed by atoms with Gasteiger partial charge in [0.05, 0.1) is 0 Å². The molecule has 1 aromatic carbocycles. The average molecular weight is 360 g/mol. The number of nitrogens with zero attached hydrogens (tertiary/aromatic N) is 2. The standard InChI is InChI=1S/C18H21FN4O3/c1-18(2)10-20-7-8-23-16(26)14(24)13(22-17(18)23)15(25)21-9-11-3-5-12(19)6-4-11/h3-6,20,24H,7-10H2,1-2H3,(H,21,25). The minimum absolute atomic E-state index is 0.129. The lowest BCUT2D eigenvalue weighted by Gasteiger charge is -2.24. The molecule has 1 amide bonds. The quantitative estimate of drug-likeness (QED) is 0.756. The average Bonchev–Trinajstić information content (AvgIpc) is 2.75. The van der Waals surface area contributed by atoms with Gasteiger partial charge in [-0.25, -0.2) is 9.37 Å². The molecule has 0 saturated carbocycles. The van der Waals surface area contributed by atoms with Crippen LogP contribution in [0.15, 0.2) is 29.1 Å². The van der Waals surface area contributed by atoms with Crippen molar-refractivity contribution in [1.29, 1.82) is 0 Å². The topological polar surface area (TPSA) is 96.2 Å². The van der Waals surface area contributed by atoms with Crippen LogP contribution in [0.25, 0.3) is 0 Å². The van der Waals surface area contributed by atoms with Crippen LogP contribution < -0.4 is 16.2 Å². The van der Waals surface area contributed by atoms with Crippen LogP contribution in [0, 0.1) is 5.82 Å². The second-order valence-electron chi connectivity index (χ2n) is 6.96. The van der Waals surface area contributed by atoms with E-state index < -0.39 is 22.6 Å². The monoisotopic (exact) mass is 360 g/mol. The lowest BCUT2D eigenvalue weighted by molar-refractivity contribution is 0.0941. The molecule has 0 spiro atoms. The van der Waals surface area contributed by atoms with E-state index >= 15 is 0 Å². The number of hydrogen-bond donors (Lipinski definition) is 3. The van der Waals surface area contributed by atoms with Crippen molar-refractivity contribution in [2.75, 3.05) is 13.1 Å². The number of aromatic nitrogens is 2. The number of nitrogens with one attached hydrogen (secondary N) is 2. The van der Waals surface area contributed by atoms with Gasteiger partial charge in [-0.05, 0) is 17.7 Å². The van der Waals surface area contributed by atoms with Crippen molar-refractivity contribution in [1.82, 2.24) is 20.2 Å². The summed E-state index contributed by atoms with van der Waals surface area (Å²) < 4.78 is 14.4. The van der Waals surface area contributed by atoms with Crippen LogP contribution in [0.3, 0.4) is 0 Å². The summed E-state index contributed by atoms with van der Waals surface area (Å²) in [7, 11) is 0. The van der Waals surface area contributed by atoms with Crippen LogP contribution in [0.2, 0.25) is 0 Å². The van der Waals surface area contributed by atoms with E-state index in [2.05, 4.69) is 15.6 Å². The predicted octanol–water partition coefficient (Wildman–Crippen LogP) is 0.899. The number of halogens is 1. The minimum Gasteiger partial charge on any atom is -0.501 e. The Balaban J connectivity index is 1.91. The predicted molar refractivity (Wildman–Crippen MR) is 93.6 cm³/mol. The van der Waals surface area contributed by atoms with E-state index in [4.69, 9.17) is 0 Å². The Morgan fingerprint density at radius 1 is 1.38 bits per heavy atom. The third-order valence-electron chi connectivity index (χ3n) is 4.41. The number of carbonyl (C=O) groups is 1. The zero-order chi connectivity index (χ0) is 18.9. The zero-order valence-corrected chi connectivity index (χ0v) is 14.7. The van der Waals surface area contributed by atoms with Gasteiger partial charge in [-0.15, -0.1) is 0 Å². The van der Waals surface area contributed by atoms with E-state index in [1.165, 1.54) is 16.7 Å². The minimum atomic E-state index is -0.664. The normalized spacial score (nSPS) is 15.8. The van der Waals surface area contributed by atoms with Crippen molar-refractivity contribution < 1.29 is 14.3 Å². The summed E-state index contributed by atoms with van der Waals surface area (Å²) in [6, 6.07) is 5.68. The van der Waals surface area contributed by atoms with Gasteiger partial charge in [-0.3, -0.25) is 14.2 Å². The molecule has 1 aliphatic heterocycles. The molecule has 3 rings (SSSR count). The lowest BCUT2D eigenvalue weighted by atomic mass is 9.92. The van der Waals surface area contributed by atoms with E-state index in [-0.39, 0.29) is 18.1 Å². The number of fused-ring (bicyclic) bond motifs is 1. The summed E-state index contributed by atoms with van der Waals surface area (Å²) in [5.41, 5.74) is -0.706. The SMILES string of the molecule is CC1(C)CNCCn2c1nc(C(=O)NCc1ccc(F)cc1)c(O)c2=O. The summed E-state index contributed by atoms with van der Waals surface area (Å²) in [5.74, 6) is -1.23. The highest BCUT2D eigenvalue weighted by Gasteiger charge is 2.32. The van der Waals surface area contributed by atoms with Crippen molar-refractivity contribution in [2.24, 2.45) is 0 Å². The first-order valence-corrected chi connectivity index (χ1v) is 8.37. The number of amides is 1. The van der Waals surface area contributed by atoms with E-state index in [9.17, 15) is 19.1 Å². The van der Waals surface area contributed by atoms with Gasteiger partial charge in [0.15, 0.2) is 5.69 Å². The molecule has 1 aliphatic rings. The van der Waals surface area contributed by atoms with Gasteiger partial charge >= 0.3 is 0 Å². The molecule has 0 saturated heterocycles. The van der Waals surface area contributed by atoms with Crippen LogP contribution in [0.5, 0.6) is 5.75 Å². The van der Waals surface area contributed by atoms with Gasteiger partial charge in [-0.2, -0.15) is 0 Å². The van der Waals surface area contributed by atoms with Crippen LogP contribution in [-0.2, 0) is 18.5 Å². The summed E-state index contributed by atoms with van der Waals surface area (Å²) in [4.78, 5) is 29.3. The third kappa shape index (κ3) is 3.45. The molecule has 1 aromatic heterocycles. The van der Waals surface area contributed by atoms with Gasteiger partial charge in [0.2, 0.25) is 5.75 Å². The molecule has 0 bridgehead atoms. The molecular formula is C18H21FN4O3. The largest absolute Gasteiger partial charge is 0.501 e. The Hall–Kier alpha value is -2.74. The van der Waals surface area contributed by atoms with Crippen LogP contribution in [-0.4, -0.2) is 33.7 Å².